The van der Waals surface area contributed by atoms with Gasteiger partial charge in [0.25, 0.3) is 0 Å². The van der Waals surface area contributed by atoms with Gasteiger partial charge in [-0.1, -0.05) is 19.8 Å². The highest BCUT2D eigenvalue weighted by molar-refractivity contribution is 5.67. The summed E-state index contributed by atoms with van der Waals surface area (Å²) in [5.41, 5.74) is 0. The van der Waals surface area contributed by atoms with Crippen molar-refractivity contribution < 1.29 is 9.53 Å². The van der Waals surface area contributed by atoms with Crippen molar-refractivity contribution in [2.75, 3.05) is 19.7 Å². The van der Waals surface area contributed by atoms with Crippen molar-refractivity contribution in [3.63, 3.8) is 0 Å². The average molecular weight is 294 g/mol. The van der Waals surface area contributed by atoms with Crippen LogP contribution in [0.4, 0.5) is 4.79 Å². The summed E-state index contributed by atoms with van der Waals surface area (Å²) in [7, 11) is 0. The van der Waals surface area contributed by atoms with Gasteiger partial charge in [-0.15, -0.1) is 0 Å². The molecule has 0 aromatic heterocycles. The number of nitrogens with one attached hydrogen (secondary N) is 1. The molecule has 0 aromatic carbocycles. The van der Waals surface area contributed by atoms with Crippen LogP contribution in [0.1, 0.15) is 52.4 Å². The third-order valence-electron chi connectivity index (χ3n) is 5.57. The predicted octanol–water partition coefficient (Wildman–Crippen LogP) is 3.02. The van der Waals surface area contributed by atoms with Crippen molar-refractivity contribution in [3.8, 4) is 0 Å². The summed E-state index contributed by atoms with van der Waals surface area (Å²) in [6.07, 6.45) is 7.80. The van der Waals surface area contributed by atoms with Gasteiger partial charge in [-0.2, -0.15) is 0 Å². The number of likely N-dealkylation sites (tertiary alicyclic amines) is 1. The molecule has 3 fully saturated rings. The highest BCUT2D eigenvalue weighted by Gasteiger charge is 2.39. The van der Waals surface area contributed by atoms with Gasteiger partial charge < -0.3 is 10.1 Å². The van der Waals surface area contributed by atoms with Crippen LogP contribution in [0.2, 0.25) is 0 Å². The normalized spacial score (nSPS) is 36.9. The number of alkyl carbamates (subject to hydrolysis) is 1. The lowest BCUT2D eigenvalue weighted by atomic mass is 9.77. The van der Waals surface area contributed by atoms with Gasteiger partial charge in [0.15, 0.2) is 0 Å². The number of rotatable bonds is 5. The molecule has 0 bridgehead atoms. The molecule has 2 aliphatic carbocycles. The van der Waals surface area contributed by atoms with Crippen molar-refractivity contribution in [3.05, 3.63) is 0 Å². The number of carbonyl (C=O) groups is 1. The fourth-order valence-electron chi connectivity index (χ4n) is 4.14. The van der Waals surface area contributed by atoms with E-state index in [0.29, 0.717) is 6.61 Å². The largest absolute Gasteiger partial charge is 0.450 e. The van der Waals surface area contributed by atoms with Crippen molar-refractivity contribution in [2.45, 2.75) is 64.5 Å². The van der Waals surface area contributed by atoms with Crippen LogP contribution in [0, 0.1) is 17.8 Å². The van der Waals surface area contributed by atoms with Crippen molar-refractivity contribution in [2.24, 2.45) is 17.8 Å². The number of carbonyl (C=O) groups excluding carboxylic acids is 1. The van der Waals surface area contributed by atoms with Gasteiger partial charge in [0.2, 0.25) is 0 Å². The Balaban J connectivity index is 1.57. The Kier molecular flexibility index (Phi) is 4.72. The molecule has 1 N–H and O–H groups in total. The first kappa shape index (κ1) is 15.1. The SMILES string of the molecule is CCOC(=O)NC1CC(CC2CC2)CN(C2CCC2C)C1. The maximum absolute atomic E-state index is 11.7. The van der Waals surface area contributed by atoms with E-state index in [9.17, 15) is 4.79 Å². The summed E-state index contributed by atoms with van der Waals surface area (Å²) < 4.78 is 5.06. The van der Waals surface area contributed by atoms with Gasteiger partial charge in [0.05, 0.1) is 6.61 Å². The number of hydrogen-bond acceptors (Lipinski definition) is 3. The molecule has 1 amide bonds. The molecule has 4 unspecified atom stereocenters. The Hall–Kier alpha value is -0.770. The van der Waals surface area contributed by atoms with Crippen molar-refractivity contribution in [1.29, 1.82) is 0 Å². The molecule has 0 aromatic rings. The van der Waals surface area contributed by atoms with E-state index >= 15 is 0 Å². The van der Waals surface area contributed by atoms with E-state index in [2.05, 4.69) is 17.1 Å². The molecule has 4 atom stereocenters. The Morgan fingerprint density at radius 2 is 2.00 bits per heavy atom. The molecule has 21 heavy (non-hydrogen) atoms. The molecule has 2 saturated carbocycles. The minimum absolute atomic E-state index is 0.240. The van der Waals surface area contributed by atoms with Crippen molar-refractivity contribution in [1.82, 2.24) is 10.2 Å². The Morgan fingerprint density at radius 1 is 1.19 bits per heavy atom. The molecule has 120 valence electrons. The Morgan fingerprint density at radius 3 is 2.57 bits per heavy atom. The third kappa shape index (κ3) is 3.91. The Bertz CT molecular complexity index is 370. The van der Waals surface area contributed by atoms with Crippen LogP contribution >= 0.6 is 0 Å². The fourth-order valence-corrected chi connectivity index (χ4v) is 4.14. The van der Waals surface area contributed by atoms with Crippen LogP contribution in [0.25, 0.3) is 0 Å². The molecule has 4 heteroatoms. The number of ether oxygens (including phenoxy) is 1. The van der Waals surface area contributed by atoms with Gasteiger partial charge in [-0.05, 0) is 50.4 Å². The zero-order valence-electron chi connectivity index (χ0n) is 13.5. The fraction of sp³-hybridized carbons (Fsp3) is 0.941. The number of amides is 1. The molecule has 1 heterocycles. The van der Waals surface area contributed by atoms with E-state index in [1.54, 1.807) is 0 Å². The number of hydrogen-bond donors (Lipinski definition) is 1. The molecule has 4 nitrogen and oxygen atoms in total. The topological polar surface area (TPSA) is 41.6 Å². The molecule has 1 saturated heterocycles. The summed E-state index contributed by atoms with van der Waals surface area (Å²) in [5.74, 6) is 2.55. The minimum Gasteiger partial charge on any atom is -0.450 e. The summed E-state index contributed by atoms with van der Waals surface area (Å²) in [4.78, 5) is 14.4. The van der Waals surface area contributed by atoms with Gasteiger partial charge in [-0.3, -0.25) is 4.90 Å². The maximum Gasteiger partial charge on any atom is 0.407 e. The van der Waals surface area contributed by atoms with E-state index in [1.807, 2.05) is 6.92 Å². The second-order valence-electron chi connectivity index (χ2n) is 7.42. The standard InChI is InChI=1S/C17H30N2O2/c1-3-21-17(20)18-15-9-14(8-13-5-6-13)10-19(11-15)16-7-4-12(16)2/h12-16H,3-11H2,1-2H3,(H,18,20). The summed E-state index contributed by atoms with van der Waals surface area (Å²) in [6.45, 7) is 6.93. The van der Waals surface area contributed by atoms with E-state index in [0.717, 1.165) is 36.8 Å². The second-order valence-corrected chi connectivity index (χ2v) is 7.42. The summed E-state index contributed by atoms with van der Waals surface area (Å²) in [6, 6.07) is 1.02. The van der Waals surface area contributed by atoms with E-state index in [4.69, 9.17) is 4.74 Å². The molecular formula is C17H30N2O2. The van der Waals surface area contributed by atoms with Crippen molar-refractivity contribution >= 4 is 6.09 Å². The first-order chi connectivity index (χ1) is 10.2. The molecule has 3 rings (SSSR count). The lowest BCUT2D eigenvalue weighted by molar-refractivity contribution is 0.0196. The molecular weight excluding hydrogens is 264 g/mol. The predicted molar refractivity (Wildman–Crippen MR) is 83.2 cm³/mol. The van der Waals surface area contributed by atoms with Crippen LogP contribution in [0.3, 0.4) is 0 Å². The monoisotopic (exact) mass is 294 g/mol. The van der Waals surface area contributed by atoms with Crippen LogP contribution in [0.15, 0.2) is 0 Å². The maximum atomic E-state index is 11.7. The number of nitrogens with zero attached hydrogens (tertiary/aromatic N) is 1. The van der Waals surface area contributed by atoms with Gasteiger partial charge in [0.1, 0.15) is 0 Å². The Labute approximate surface area is 128 Å². The first-order valence-electron chi connectivity index (χ1n) is 8.83. The average Bonchev–Trinajstić information content (AvgIpc) is 3.20. The summed E-state index contributed by atoms with van der Waals surface area (Å²) in [5, 5.41) is 3.09. The zero-order valence-corrected chi connectivity index (χ0v) is 13.5. The highest BCUT2D eigenvalue weighted by atomic mass is 16.5. The zero-order chi connectivity index (χ0) is 14.8. The lowest BCUT2D eigenvalue weighted by Crippen LogP contribution is -2.57. The van der Waals surface area contributed by atoms with Gasteiger partial charge in [-0.25, -0.2) is 4.79 Å². The number of piperidine rings is 1. The minimum atomic E-state index is -0.240. The molecule has 3 aliphatic rings. The van der Waals surface area contributed by atoms with Crippen LogP contribution in [-0.2, 0) is 4.74 Å². The summed E-state index contributed by atoms with van der Waals surface area (Å²) >= 11 is 0. The van der Waals surface area contributed by atoms with Crippen LogP contribution < -0.4 is 5.32 Å². The van der Waals surface area contributed by atoms with Gasteiger partial charge >= 0.3 is 6.09 Å². The quantitative estimate of drug-likeness (QED) is 0.847. The van der Waals surface area contributed by atoms with Gasteiger partial charge in [0, 0.05) is 25.2 Å². The second kappa shape index (κ2) is 6.55. The van der Waals surface area contributed by atoms with E-state index in [-0.39, 0.29) is 12.1 Å². The highest BCUT2D eigenvalue weighted by Crippen LogP contribution is 2.40. The van der Waals surface area contributed by atoms with E-state index in [1.165, 1.54) is 38.6 Å². The first-order valence-corrected chi connectivity index (χ1v) is 8.83. The molecule has 0 radical (unpaired) electrons. The van der Waals surface area contributed by atoms with E-state index < -0.39 is 0 Å². The molecule has 0 spiro atoms. The third-order valence-corrected chi connectivity index (χ3v) is 5.57. The lowest BCUT2D eigenvalue weighted by Gasteiger charge is -2.48. The van der Waals surface area contributed by atoms with Crippen LogP contribution in [0.5, 0.6) is 0 Å². The van der Waals surface area contributed by atoms with Crippen LogP contribution in [-0.4, -0.2) is 42.8 Å². The molecule has 1 aliphatic heterocycles. The smallest absolute Gasteiger partial charge is 0.407 e.